The van der Waals surface area contributed by atoms with Crippen LogP contribution in [-0.2, 0) is 16.0 Å². The quantitative estimate of drug-likeness (QED) is 0.301. The maximum Gasteiger partial charge on any atom is 0.323 e. The third-order valence-corrected chi connectivity index (χ3v) is 6.40. The molecule has 0 spiro atoms. The minimum absolute atomic E-state index is 0.00939. The Hall–Kier alpha value is -2.84. The Bertz CT molecular complexity index is 1190. The fourth-order valence-corrected chi connectivity index (χ4v) is 4.98. The van der Waals surface area contributed by atoms with E-state index in [4.69, 9.17) is 4.74 Å². The zero-order chi connectivity index (χ0) is 25.0. The molecule has 0 heterocycles. The van der Waals surface area contributed by atoms with Crippen molar-refractivity contribution in [2.75, 3.05) is 11.4 Å². The lowest BCUT2D eigenvalue weighted by molar-refractivity contribution is -0.136. The third kappa shape index (κ3) is 6.18. The Morgan fingerprint density at radius 1 is 1.03 bits per heavy atom. The van der Waals surface area contributed by atoms with E-state index in [1.54, 1.807) is 48.5 Å². The minimum atomic E-state index is -1.09. The van der Waals surface area contributed by atoms with Gasteiger partial charge in [-0.1, -0.05) is 32.0 Å². The van der Waals surface area contributed by atoms with Crippen LogP contribution in [0, 0.1) is 6.92 Å². The summed E-state index contributed by atoms with van der Waals surface area (Å²) in [7, 11) is 0. The summed E-state index contributed by atoms with van der Waals surface area (Å²) in [6, 6.07) is 15.9. The van der Waals surface area contributed by atoms with Crippen molar-refractivity contribution in [3.05, 3.63) is 80.2 Å². The molecule has 3 aromatic carbocycles. The van der Waals surface area contributed by atoms with Crippen LogP contribution in [0.3, 0.4) is 0 Å². The fourth-order valence-electron chi connectivity index (χ4n) is 3.54. The Labute approximate surface area is 215 Å². The highest BCUT2D eigenvalue weighted by Gasteiger charge is 2.21. The molecule has 2 N–H and O–H groups in total. The summed E-state index contributed by atoms with van der Waals surface area (Å²) in [6.45, 7) is 5.39. The zero-order valence-electron chi connectivity index (χ0n) is 19.0. The first-order valence-electron chi connectivity index (χ1n) is 10.6. The van der Waals surface area contributed by atoms with Gasteiger partial charge in [-0.25, -0.2) is 0 Å². The molecule has 1 amide bonds. The number of halogens is 2. The predicted octanol–water partition coefficient (Wildman–Crippen LogP) is 6.80. The number of carboxylic acids is 1. The molecule has 3 aromatic rings. The van der Waals surface area contributed by atoms with E-state index in [0.717, 1.165) is 11.1 Å². The number of amides is 1. The van der Waals surface area contributed by atoms with Gasteiger partial charge in [-0.15, -0.1) is 0 Å². The van der Waals surface area contributed by atoms with Gasteiger partial charge in [0, 0.05) is 11.3 Å². The number of aromatic hydroxyl groups is 1. The van der Waals surface area contributed by atoms with Gasteiger partial charge in [0.05, 0.1) is 15.4 Å². The molecule has 3 rings (SSSR count). The third-order valence-electron chi connectivity index (χ3n) is 5.22. The first-order valence-corrected chi connectivity index (χ1v) is 12.2. The molecule has 0 radical (unpaired) electrons. The zero-order valence-corrected chi connectivity index (χ0v) is 22.2. The fraction of sp³-hybridized carbons (Fsp3) is 0.231. The number of ether oxygens (including phenoxy) is 1. The van der Waals surface area contributed by atoms with E-state index < -0.39 is 12.5 Å². The molecule has 0 saturated heterocycles. The standard InChI is InChI=1S/C26H25Br2NO5/c1-15(2)20-13-19(9-16(3)25(20)33)34-26-21(27)10-17(11-22(26)28)12-23(30)29(14-24(31)32)18-7-5-4-6-8-18/h4-11,13,15,33H,12,14H2,1-3H3,(H,31,32). The Balaban J connectivity index is 1.85. The summed E-state index contributed by atoms with van der Waals surface area (Å²) in [6.07, 6.45) is 0.00939. The number of carbonyl (C=O) groups is 2. The highest BCUT2D eigenvalue weighted by molar-refractivity contribution is 9.11. The summed E-state index contributed by atoms with van der Waals surface area (Å²) in [5.74, 6) is 0.0759. The first-order chi connectivity index (χ1) is 16.1. The molecule has 0 unspecified atom stereocenters. The van der Waals surface area contributed by atoms with Gasteiger partial charge in [0.25, 0.3) is 0 Å². The summed E-state index contributed by atoms with van der Waals surface area (Å²) in [4.78, 5) is 25.6. The first kappa shape index (κ1) is 25.8. The highest BCUT2D eigenvalue weighted by Crippen LogP contribution is 2.40. The van der Waals surface area contributed by atoms with Crippen LogP contribution in [0.15, 0.2) is 63.5 Å². The van der Waals surface area contributed by atoms with E-state index in [1.807, 2.05) is 26.8 Å². The van der Waals surface area contributed by atoms with Gasteiger partial charge in [0.15, 0.2) is 5.75 Å². The molecule has 8 heteroatoms. The number of carbonyl (C=O) groups excluding carboxylic acids is 1. The lowest BCUT2D eigenvalue weighted by Gasteiger charge is -2.21. The van der Waals surface area contributed by atoms with Gasteiger partial charge in [0.1, 0.15) is 18.0 Å². The number of hydrogen-bond donors (Lipinski definition) is 2. The number of aryl methyl sites for hydroxylation is 1. The number of anilines is 1. The Morgan fingerprint density at radius 2 is 1.65 bits per heavy atom. The molecule has 0 aliphatic heterocycles. The van der Waals surface area contributed by atoms with Crippen LogP contribution in [0.1, 0.15) is 36.5 Å². The molecule has 0 saturated carbocycles. The van der Waals surface area contributed by atoms with Crippen molar-refractivity contribution in [2.45, 2.75) is 33.1 Å². The second-order valence-electron chi connectivity index (χ2n) is 8.21. The van der Waals surface area contributed by atoms with Crippen LogP contribution in [0.2, 0.25) is 0 Å². The summed E-state index contributed by atoms with van der Waals surface area (Å²) in [5.41, 5.74) is 2.72. The number of carboxylic acid groups (broad SMARTS) is 1. The number of nitrogens with zero attached hydrogens (tertiary/aromatic N) is 1. The van der Waals surface area contributed by atoms with Gasteiger partial charge in [0.2, 0.25) is 5.91 Å². The number of hydrogen-bond acceptors (Lipinski definition) is 4. The second-order valence-corrected chi connectivity index (χ2v) is 9.92. The number of para-hydroxylation sites is 1. The van der Waals surface area contributed by atoms with Crippen LogP contribution in [0.25, 0.3) is 0 Å². The van der Waals surface area contributed by atoms with Gasteiger partial charge in [-0.2, -0.15) is 0 Å². The molecule has 0 aromatic heterocycles. The second kappa shape index (κ2) is 11.1. The van der Waals surface area contributed by atoms with Crippen molar-refractivity contribution in [1.29, 1.82) is 0 Å². The largest absolute Gasteiger partial charge is 0.507 e. The van der Waals surface area contributed by atoms with E-state index in [1.165, 1.54) is 4.90 Å². The molecular formula is C26H25Br2NO5. The molecule has 0 atom stereocenters. The van der Waals surface area contributed by atoms with Crippen LogP contribution in [-0.4, -0.2) is 28.6 Å². The van der Waals surface area contributed by atoms with E-state index in [2.05, 4.69) is 31.9 Å². The lowest BCUT2D eigenvalue weighted by Crippen LogP contribution is -2.36. The lowest BCUT2D eigenvalue weighted by atomic mass is 9.99. The number of aliphatic carboxylic acids is 1. The van der Waals surface area contributed by atoms with Crippen molar-refractivity contribution >= 4 is 49.4 Å². The normalized spacial score (nSPS) is 10.9. The van der Waals surface area contributed by atoms with Crippen molar-refractivity contribution in [1.82, 2.24) is 0 Å². The molecule has 34 heavy (non-hydrogen) atoms. The summed E-state index contributed by atoms with van der Waals surface area (Å²) < 4.78 is 7.38. The average Bonchev–Trinajstić information content (AvgIpc) is 2.77. The van der Waals surface area contributed by atoms with E-state index in [9.17, 15) is 19.8 Å². The van der Waals surface area contributed by atoms with Gasteiger partial charge >= 0.3 is 5.97 Å². The van der Waals surface area contributed by atoms with Gasteiger partial charge in [-0.05, 0) is 92.2 Å². The average molecular weight is 591 g/mol. The van der Waals surface area contributed by atoms with Gasteiger partial charge in [-0.3, -0.25) is 9.59 Å². The SMILES string of the molecule is Cc1cc(Oc2c(Br)cc(CC(=O)N(CC(=O)O)c3ccccc3)cc2Br)cc(C(C)C)c1O. The highest BCUT2D eigenvalue weighted by atomic mass is 79.9. The van der Waals surface area contributed by atoms with E-state index >= 15 is 0 Å². The van der Waals surface area contributed by atoms with Crippen molar-refractivity contribution in [3.63, 3.8) is 0 Å². The smallest absolute Gasteiger partial charge is 0.323 e. The number of benzene rings is 3. The molecule has 0 bridgehead atoms. The molecular weight excluding hydrogens is 566 g/mol. The van der Waals surface area contributed by atoms with Crippen molar-refractivity contribution in [3.8, 4) is 17.2 Å². The molecule has 0 fully saturated rings. The van der Waals surface area contributed by atoms with Crippen LogP contribution < -0.4 is 9.64 Å². The van der Waals surface area contributed by atoms with Crippen LogP contribution in [0.5, 0.6) is 17.2 Å². The molecule has 0 aliphatic rings. The number of phenols is 1. The maximum absolute atomic E-state index is 13.0. The Morgan fingerprint density at radius 3 is 2.21 bits per heavy atom. The van der Waals surface area contributed by atoms with Crippen molar-refractivity contribution < 1.29 is 24.5 Å². The minimum Gasteiger partial charge on any atom is -0.507 e. The summed E-state index contributed by atoms with van der Waals surface area (Å²) >= 11 is 7.05. The van der Waals surface area contributed by atoms with E-state index in [0.29, 0.717) is 31.7 Å². The van der Waals surface area contributed by atoms with Crippen LogP contribution >= 0.6 is 31.9 Å². The summed E-state index contributed by atoms with van der Waals surface area (Å²) in [5, 5.41) is 19.6. The van der Waals surface area contributed by atoms with Crippen LogP contribution in [0.4, 0.5) is 5.69 Å². The predicted molar refractivity (Wildman–Crippen MR) is 139 cm³/mol. The van der Waals surface area contributed by atoms with E-state index in [-0.39, 0.29) is 24.0 Å². The molecule has 0 aliphatic carbocycles. The van der Waals surface area contributed by atoms with Gasteiger partial charge < -0.3 is 19.8 Å². The number of phenolic OH excluding ortho intramolecular Hbond substituents is 1. The molecule has 178 valence electrons. The Kier molecular flexibility index (Phi) is 8.38. The monoisotopic (exact) mass is 589 g/mol. The topological polar surface area (TPSA) is 87.1 Å². The number of rotatable bonds is 8. The van der Waals surface area contributed by atoms with Crippen molar-refractivity contribution in [2.24, 2.45) is 0 Å². The maximum atomic E-state index is 13.0. The molecule has 6 nitrogen and oxygen atoms in total.